The number of rotatable bonds is 3. The van der Waals surface area contributed by atoms with Gasteiger partial charge in [-0.3, -0.25) is 4.79 Å². The Bertz CT molecular complexity index is 565. The largest absolute Gasteiger partial charge is 0.501 e. The van der Waals surface area contributed by atoms with Crippen LogP contribution in [0.1, 0.15) is 62.1 Å². The first-order valence-corrected chi connectivity index (χ1v) is 9.08. The summed E-state index contributed by atoms with van der Waals surface area (Å²) in [6.45, 7) is 6.73. The highest BCUT2D eigenvalue weighted by Gasteiger charge is 2.28. The second kappa shape index (κ2) is 6.82. The normalized spacial score (nSPS) is 22.4. The standard InChI is InChI=1S/C17H24N2O2S/c1-12(2)15-11-22-16(18-15)13-5-3-7-19(9-13)17(20)14-6-4-8-21-10-14/h10-13H,3-9H2,1-2H3/t13-/m0/s1. The van der Waals surface area contributed by atoms with Crippen LogP contribution in [-0.4, -0.2) is 35.5 Å². The van der Waals surface area contributed by atoms with Crippen LogP contribution in [0.5, 0.6) is 0 Å². The van der Waals surface area contributed by atoms with E-state index in [2.05, 4.69) is 19.2 Å². The van der Waals surface area contributed by atoms with E-state index in [4.69, 9.17) is 9.72 Å². The van der Waals surface area contributed by atoms with Gasteiger partial charge in [-0.25, -0.2) is 4.98 Å². The van der Waals surface area contributed by atoms with E-state index in [0.717, 1.165) is 51.0 Å². The van der Waals surface area contributed by atoms with Crippen molar-refractivity contribution >= 4 is 17.2 Å². The fraction of sp³-hybridized carbons (Fsp3) is 0.647. The van der Waals surface area contributed by atoms with Crippen molar-refractivity contribution in [3.05, 3.63) is 27.9 Å². The van der Waals surface area contributed by atoms with Crippen molar-refractivity contribution in [3.8, 4) is 0 Å². The molecule has 22 heavy (non-hydrogen) atoms. The molecule has 0 radical (unpaired) electrons. The number of aromatic nitrogens is 1. The fourth-order valence-electron chi connectivity index (χ4n) is 3.04. The summed E-state index contributed by atoms with van der Waals surface area (Å²) in [4.78, 5) is 19.4. The molecule has 0 aromatic carbocycles. The van der Waals surface area contributed by atoms with Crippen LogP contribution in [0.15, 0.2) is 17.2 Å². The Morgan fingerprint density at radius 1 is 1.45 bits per heavy atom. The summed E-state index contributed by atoms with van der Waals surface area (Å²) >= 11 is 1.75. The molecule has 1 aromatic heterocycles. The molecule has 3 heterocycles. The van der Waals surface area contributed by atoms with Gasteiger partial charge in [0.15, 0.2) is 0 Å². The molecule has 1 fully saturated rings. The molecule has 0 N–H and O–H groups in total. The lowest BCUT2D eigenvalue weighted by Crippen LogP contribution is -2.40. The van der Waals surface area contributed by atoms with Crippen LogP contribution in [0, 0.1) is 0 Å². The summed E-state index contributed by atoms with van der Waals surface area (Å²) in [6.07, 6.45) is 5.63. The lowest BCUT2D eigenvalue weighted by Gasteiger charge is -2.32. The third-order valence-corrected chi connectivity index (χ3v) is 5.42. The van der Waals surface area contributed by atoms with Crippen molar-refractivity contribution < 1.29 is 9.53 Å². The average molecular weight is 320 g/mol. The van der Waals surface area contributed by atoms with E-state index in [1.165, 1.54) is 10.7 Å². The zero-order chi connectivity index (χ0) is 15.5. The smallest absolute Gasteiger partial charge is 0.252 e. The lowest BCUT2D eigenvalue weighted by molar-refractivity contribution is -0.128. The Hall–Kier alpha value is -1.36. The molecule has 120 valence electrons. The van der Waals surface area contributed by atoms with Crippen molar-refractivity contribution in [2.75, 3.05) is 19.7 Å². The summed E-state index contributed by atoms with van der Waals surface area (Å²) in [6, 6.07) is 0. The summed E-state index contributed by atoms with van der Waals surface area (Å²) in [5.41, 5.74) is 2.00. The van der Waals surface area contributed by atoms with E-state index >= 15 is 0 Å². The number of piperidine rings is 1. The number of hydrogen-bond donors (Lipinski definition) is 0. The number of amides is 1. The lowest BCUT2D eigenvalue weighted by atomic mass is 9.97. The van der Waals surface area contributed by atoms with E-state index in [0.29, 0.717) is 11.8 Å². The summed E-state index contributed by atoms with van der Waals surface area (Å²) in [5, 5.41) is 3.35. The molecule has 1 aromatic rings. The fourth-order valence-corrected chi connectivity index (χ4v) is 4.15. The number of carbonyl (C=O) groups is 1. The quantitative estimate of drug-likeness (QED) is 0.853. The number of hydrogen-bond acceptors (Lipinski definition) is 4. The number of carbonyl (C=O) groups excluding carboxylic acids is 1. The van der Waals surface area contributed by atoms with Gasteiger partial charge in [0.05, 0.1) is 29.1 Å². The maximum atomic E-state index is 12.6. The summed E-state index contributed by atoms with van der Waals surface area (Å²) in [7, 11) is 0. The monoisotopic (exact) mass is 320 g/mol. The minimum absolute atomic E-state index is 0.157. The van der Waals surface area contributed by atoms with Crippen molar-refractivity contribution in [1.29, 1.82) is 0 Å². The predicted octanol–water partition coefficient (Wildman–Crippen LogP) is 3.67. The van der Waals surface area contributed by atoms with Crippen molar-refractivity contribution in [1.82, 2.24) is 9.88 Å². The van der Waals surface area contributed by atoms with Gasteiger partial charge in [-0.2, -0.15) is 0 Å². The highest BCUT2D eigenvalue weighted by atomic mass is 32.1. The highest BCUT2D eigenvalue weighted by molar-refractivity contribution is 7.09. The topological polar surface area (TPSA) is 42.4 Å². The second-order valence-corrected chi connectivity index (χ2v) is 7.36. The molecule has 0 unspecified atom stereocenters. The Balaban J connectivity index is 1.68. The molecule has 2 aliphatic heterocycles. The van der Waals surface area contributed by atoms with E-state index in [-0.39, 0.29) is 5.91 Å². The minimum atomic E-state index is 0.157. The second-order valence-electron chi connectivity index (χ2n) is 6.47. The van der Waals surface area contributed by atoms with Crippen LogP contribution >= 0.6 is 11.3 Å². The Kier molecular flexibility index (Phi) is 4.81. The molecule has 2 aliphatic rings. The van der Waals surface area contributed by atoms with Gasteiger partial charge in [0.1, 0.15) is 0 Å². The SMILES string of the molecule is CC(C)c1csc([C@H]2CCCN(C(=O)C3=COCCC3)C2)n1. The van der Waals surface area contributed by atoms with E-state index < -0.39 is 0 Å². The van der Waals surface area contributed by atoms with Gasteiger partial charge in [0.2, 0.25) is 0 Å². The van der Waals surface area contributed by atoms with E-state index in [9.17, 15) is 4.79 Å². The van der Waals surface area contributed by atoms with E-state index in [1.807, 2.05) is 4.90 Å². The van der Waals surface area contributed by atoms with Gasteiger partial charge < -0.3 is 9.64 Å². The first-order valence-electron chi connectivity index (χ1n) is 8.20. The van der Waals surface area contributed by atoms with Crippen LogP contribution < -0.4 is 0 Å². The molecule has 1 amide bonds. The molecule has 0 bridgehead atoms. The molecule has 1 saturated heterocycles. The van der Waals surface area contributed by atoms with E-state index in [1.54, 1.807) is 17.6 Å². The van der Waals surface area contributed by atoms with Crippen LogP contribution in [0.2, 0.25) is 0 Å². The predicted molar refractivity (Wildman–Crippen MR) is 88.0 cm³/mol. The molecule has 3 rings (SSSR count). The maximum absolute atomic E-state index is 12.6. The number of thiazole rings is 1. The van der Waals surface area contributed by atoms with Gasteiger partial charge in [-0.15, -0.1) is 11.3 Å². The number of likely N-dealkylation sites (tertiary alicyclic amines) is 1. The molecule has 5 heteroatoms. The van der Waals surface area contributed by atoms with Gasteiger partial charge >= 0.3 is 0 Å². The Morgan fingerprint density at radius 3 is 3.00 bits per heavy atom. The van der Waals surface area contributed by atoms with Crippen LogP contribution in [-0.2, 0) is 9.53 Å². The third-order valence-electron chi connectivity index (χ3n) is 4.40. The zero-order valence-corrected chi connectivity index (χ0v) is 14.2. The molecule has 0 saturated carbocycles. The molecule has 0 spiro atoms. The zero-order valence-electron chi connectivity index (χ0n) is 13.4. The molecule has 4 nitrogen and oxygen atoms in total. The maximum Gasteiger partial charge on any atom is 0.252 e. The van der Waals surface area contributed by atoms with Gasteiger partial charge in [-0.1, -0.05) is 13.8 Å². The summed E-state index contributed by atoms with van der Waals surface area (Å²) < 4.78 is 5.32. The van der Waals surface area contributed by atoms with Crippen LogP contribution in [0.3, 0.4) is 0 Å². The molecular formula is C17H24N2O2S. The van der Waals surface area contributed by atoms with Crippen LogP contribution in [0.25, 0.3) is 0 Å². The highest BCUT2D eigenvalue weighted by Crippen LogP contribution is 2.31. The van der Waals surface area contributed by atoms with Gasteiger partial charge in [-0.05, 0) is 31.6 Å². The molecular weight excluding hydrogens is 296 g/mol. The average Bonchev–Trinajstić information content (AvgIpc) is 3.05. The summed E-state index contributed by atoms with van der Waals surface area (Å²) in [5.74, 6) is 1.02. The van der Waals surface area contributed by atoms with Crippen molar-refractivity contribution in [2.24, 2.45) is 0 Å². The Morgan fingerprint density at radius 2 is 2.32 bits per heavy atom. The third kappa shape index (κ3) is 3.35. The van der Waals surface area contributed by atoms with Gasteiger partial charge in [0.25, 0.3) is 5.91 Å². The van der Waals surface area contributed by atoms with Crippen LogP contribution in [0.4, 0.5) is 0 Å². The first kappa shape index (κ1) is 15.5. The molecule has 1 atom stereocenters. The molecule has 0 aliphatic carbocycles. The number of ether oxygens (including phenoxy) is 1. The first-order chi connectivity index (χ1) is 10.6. The van der Waals surface area contributed by atoms with Crippen molar-refractivity contribution in [3.63, 3.8) is 0 Å². The van der Waals surface area contributed by atoms with Crippen molar-refractivity contribution in [2.45, 2.75) is 51.4 Å². The van der Waals surface area contributed by atoms with Gasteiger partial charge in [0, 0.05) is 24.4 Å². The Labute approximate surface area is 136 Å². The minimum Gasteiger partial charge on any atom is -0.501 e. The number of nitrogens with zero attached hydrogens (tertiary/aromatic N) is 2.